The molecule has 0 heterocycles. The number of carbonyl (C=O) groups is 1. The van der Waals surface area contributed by atoms with Crippen molar-refractivity contribution < 1.29 is 9.53 Å². The Labute approximate surface area is 154 Å². The zero-order valence-corrected chi connectivity index (χ0v) is 14.8. The smallest absolute Gasteiger partial charge is 0.258 e. The number of methoxy groups -OCH3 is 1. The third kappa shape index (κ3) is 4.01. The first-order valence-electron chi connectivity index (χ1n) is 8.43. The van der Waals surface area contributed by atoms with Crippen molar-refractivity contribution in [1.29, 1.82) is 0 Å². The molecule has 3 nitrogen and oxygen atoms in total. The van der Waals surface area contributed by atoms with E-state index in [1.165, 1.54) is 0 Å². The number of rotatable bonds is 6. The quantitative estimate of drug-likeness (QED) is 0.630. The number of hydrogen-bond acceptors (Lipinski definition) is 2. The van der Waals surface area contributed by atoms with E-state index in [-0.39, 0.29) is 5.91 Å². The average molecular weight is 343 g/mol. The highest BCUT2D eigenvalue weighted by molar-refractivity contribution is 5.99. The third-order valence-electron chi connectivity index (χ3n) is 4.20. The molecule has 3 rings (SSSR count). The molecule has 0 fully saturated rings. The summed E-state index contributed by atoms with van der Waals surface area (Å²) in [5, 5.41) is 0. The maximum atomic E-state index is 13.1. The second kappa shape index (κ2) is 8.17. The van der Waals surface area contributed by atoms with Crippen LogP contribution in [0.2, 0.25) is 0 Å². The summed E-state index contributed by atoms with van der Waals surface area (Å²) in [7, 11) is 1.63. The molecule has 0 atom stereocenters. The minimum atomic E-state index is -0.0738. The number of amides is 1. The summed E-state index contributed by atoms with van der Waals surface area (Å²) in [5.74, 6) is 0.695. The molecule has 3 aromatic rings. The zero-order chi connectivity index (χ0) is 18.4. The third-order valence-corrected chi connectivity index (χ3v) is 4.20. The number of benzene rings is 3. The van der Waals surface area contributed by atoms with Crippen LogP contribution in [0.4, 0.5) is 0 Å². The van der Waals surface area contributed by atoms with Crippen molar-refractivity contribution in [3.63, 3.8) is 0 Å². The molecule has 0 unspecified atom stereocenters. The van der Waals surface area contributed by atoms with E-state index in [1.54, 1.807) is 12.0 Å². The van der Waals surface area contributed by atoms with E-state index in [4.69, 9.17) is 4.74 Å². The van der Waals surface area contributed by atoms with Gasteiger partial charge in [0, 0.05) is 11.3 Å². The van der Waals surface area contributed by atoms with Gasteiger partial charge in [-0.05, 0) is 47.5 Å². The Morgan fingerprint density at radius 3 is 2.00 bits per heavy atom. The summed E-state index contributed by atoms with van der Waals surface area (Å²) >= 11 is 0. The Morgan fingerprint density at radius 2 is 1.42 bits per heavy atom. The van der Waals surface area contributed by atoms with Crippen LogP contribution in [0.15, 0.2) is 91.5 Å². The molecule has 0 radical (unpaired) electrons. The van der Waals surface area contributed by atoms with Crippen molar-refractivity contribution in [1.82, 2.24) is 4.90 Å². The summed E-state index contributed by atoms with van der Waals surface area (Å²) in [5.41, 5.74) is 3.22. The predicted octanol–water partition coefficient (Wildman–Crippen LogP) is 5.01. The van der Waals surface area contributed by atoms with E-state index in [0.717, 1.165) is 16.9 Å². The van der Waals surface area contributed by atoms with Crippen molar-refractivity contribution in [2.75, 3.05) is 7.11 Å². The molecule has 0 aliphatic heterocycles. The summed E-state index contributed by atoms with van der Waals surface area (Å²) in [6.07, 6.45) is 0. The second-order valence-corrected chi connectivity index (χ2v) is 5.92. The van der Waals surface area contributed by atoms with Crippen LogP contribution in [0.1, 0.15) is 21.5 Å². The van der Waals surface area contributed by atoms with Gasteiger partial charge < -0.3 is 9.64 Å². The van der Waals surface area contributed by atoms with E-state index >= 15 is 0 Å². The predicted molar refractivity (Wildman–Crippen MR) is 105 cm³/mol. The normalized spacial score (nSPS) is 10.2. The van der Waals surface area contributed by atoms with Gasteiger partial charge in [-0.1, -0.05) is 55.1 Å². The molecule has 0 aliphatic rings. The van der Waals surface area contributed by atoms with Crippen molar-refractivity contribution in [2.45, 2.75) is 6.54 Å². The minimum Gasteiger partial charge on any atom is -0.497 e. The molecule has 3 aromatic carbocycles. The van der Waals surface area contributed by atoms with Crippen LogP contribution >= 0.6 is 0 Å². The molecule has 0 saturated heterocycles. The Balaban J connectivity index is 1.93. The molecule has 3 heteroatoms. The Bertz CT molecular complexity index is 871. The standard InChI is InChI=1S/C23H21NO2/c1-18(20-13-15-22(26-2)16-14-20)24(17-19-9-5-3-6-10-19)23(25)21-11-7-4-8-12-21/h3-16H,1,17H2,2H3. The van der Waals surface area contributed by atoms with Crippen molar-refractivity contribution in [3.8, 4) is 5.75 Å². The van der Waals surface area contributed by atoms with Gasteiger partial charge in [0.25, 0.3) is 5.91 Å². The number of hydrogen-bond donors (Lipinski definition) is 0. The van der Waals surface area contributed by atoms with Gasteiger partial charge in [-0.2, -0.15) is 0 Å². The van der Waals surface area contributed by atoms with Crippen molar-refractivity contribution in [3.05, 3.63) is 108 Å². The SMILES string of the molecule is C=C(c1ccc(OC)cc1)N(Cc1ccccc1)C(=O)c1ccccc1. The largest absolute Gasteiger partial charge is 0.497 e. The van der Waals surface area contributed by atoms with Gasteiger partial charge in [0.1, 0.15) is 5.75 Å². The maximum absolute atomic E-state index is 13.1. The fourth-order valence-electron chi connectivity index (χ4n) is 2.73. The highest BCUT2D eigenvalue weighted by Gasteiger charge is 2.20. The Kier molecular flexibility index (Phi) is 5.49. The minimum absolute atomic E-state index is 0.0738. The fraction of sp³-hybridized carbons (Fsp3) is 0.0870. The second-order valence-electron chi connectivity index (χ2n) is 5.92. The lowest BCUT2D eigenvalue weighted by atomic mass is 10.1. The topological polar surface area (TPSA) is 29.5 Å². The monoisotopic (exact) mass is 343 g/mol. The molecule has 1 amide bonds. The van der Waals surface area contributed by atoms with Gasteiger partial charge in [-0.15, -0.1) is 0 Å². The van der Waals surface area contributed by atoms with Gasteiger partial charge in [0.2, 0.25) is 0 Å². The number of carbonyl (C=O) groups excluding carboxylic acids is 1. The highest BCUT2D eigenvalue weighted by Crippen LogP contribution is 2.24. The van der Waals surface area contributed by atoms with Gasteiger partial charge in [-0.25, -0.2) is 0 Å². The first-order valence-corrected chi connectivity index (χ1v) is 8.43. The lowest BCUT2D eigenvalue weighted by Crippen LogP contribution is -2.28. The van der Waals surface area contributed by atoms with Crippen LogP contribution in [0.5, 0.6) is 5.75 Å². The van der Waals surface area contributed by atoms with Gasteiger partial charge in [-0.3, -0.25) is 4.79 Å². The average Bonchev–Trinajstić information content (AvgIpc) is 2.72. The molecule has 130 valence electrons. The molecule has 0 aliphatic carbocycles. The summed E-state index contributed by atoms with van der Waals surface area (Å²) in [6.45, 7) is 4.65. The van der Waals surface area contributed by atoms with Crippen LogP contribution in [0.25, 0.3) is 5.70 Å². The van der Waals surface area contributed by atoms with E-state index in [9.17, 15) is 4.79 Å². The van der Waals surface area contributed by atoms with Crippen LogP contribution < -0.4 is 4.74 Å². The lowest BCUT2D eigenvalue weighted by Gasteiger charge is -2.25. The first-order chi connectivity index (χ1) is 12.7. The first kappa shape index (κ1) is 17.5. The van der Waals surface area contributed by atoms with Gasteiger partial charge >= 0.3 is 0 Å². The van der Waals surface area contributed by atoms with Crippen LogP contribution in [-0.2, 0) is 6.54 Å². The van der Waals surface area contributed by atoms with E-state index < -0.39 is 0 Å². The van der Waals surface area contributed by atoms with Crippen LogP contribution in [-0.4, -0.2) is 17.9 Å². The van der Waals surface area contributed by atoms with Crippen molar-refractivity contribution >= 4 is 11.6 Å². The number of nitrogens with zero attached hydrogens (tertiary/aromatic N) is 1. The molecule has 0 N–H and O–H groups in total. The maximum Gasteiger partial charge on any atom is 0.258 e. The Hall–Kier alpha value is -3.33. The van der Waals surface area contributed by atoms with E-state index in [0.29, 0.717) is 17.8 Å². The van der Waals surface area contributed by atoms with Gasteiger partial charge in [0.15, 0.2) is 0 Å². The highest BCUT2D eigenvalue weighted by atomic mass is 16.5. The van der Waals surface area contributed by atoms with E-state index in [2.05, 4.69) is 6.58 Å². The summed E-state index contributed by atoms with van der Waals surface area (Å²) in [4.78, 5) is 14.8. The molecule has 0 saturated carbocycles. The fourth-order valence-corrected chi connectivity index (χ4v) is 2.73. The zero-order valence-electron chi connectivity index (χ0n) is 14.8. The Morgan fingerprint density at radius 1 is 0.846 bits per heavy atom. The number of ether oxygens (including phenoxy) is 1. The van der Waals surface area contributed by atoms with Gasteiger partial charge in [0.05, 0.1) is 13.7 Å². The molecular formula is C23H21NO2. The van der Waals surface area contributed by atoms with Crippen LogP contribution in [0, 0.1) is 0 Å². The molecule has 26 heavy (non-hydrogen) atoms. The molecular weight excluding hydrogens is 322 g/mol. The molecule has 0 aromatic heterocycles. The molecule has 0 spiro atoms. The van der Waals surface area contributed by atoms with Crippen LogP contribution in [0.3, 0.4) is 0 Å². The summed E-state index contributed by atoms with van der Waals surface area (Å²) < 4.78 is 5.21. The van der Waals surface area contributed by atoms with Crippen molar-refractivity contribution in [2.24, 2.45) is 0 Å². The van der Waals surface area contributed by atoms with E-state index in [1.807, 2.05) is 84.9 Å². The lowest BCUT2D eigenvalue weighted by molar-refractivity contribution is 0.0828. The summed E-state index contributed by atoms with van der Waals surface area (Å²) in [6, 6.07) is 26.8. The molecule has 0 bridgehead atoms.